The van der Waals surface area contributed by atoms with Gasteiger partial charge in [0.1, 0.15) is 0 Å². The molecule has 0 aromatic carbocycles. The number of carbonyl (C=O) groups is 1. The van der Waals surface area contributed by atoms with Crippen LogP contribution in [0.3, 0.4) is 0 Å². The number of nitrogens with zero attached hydrogens (tertiary/aromatic N) is 3. The summed E-state index contributed by atoms with van der Waals surface area (Å²) in [6, 6.07) is 0.642. The zero-order valence-electron chi connectivity index (χ0n) is 8.63. The van der Waals surface area contributed by atoms with Gasteiger partial charge >= 0.3 is 11.8 Å². The average molecular weight is 213 g/mol. The van der Waals surface area contributed by atoms with Crippen molar-refractivity contribution in [3.63, 3.8) is 0 Å². The number of ether oxygens (including phenoxy) is 1. The Morgan fingerprint density at radius 2 is 2.33 bits per heavy atom. The highest BCUT2D eigenvalue weighted by Crippen LogP contribution is 2.16. The molecule has 0 bridgehead atoms. The van der Waals surface area contributed by atoms with E-state index in [0.717, 1.165) is 0 Å². The number of esters is 1. The second-order valence-electron chi connectivity index (χ2n) is 3.04. The maximum atomic E-state index is 11.2. The maximum Gasteiger partial charge on any atom is 0.390 e. The van der Waals surface area contributed by atoms with Crippen LogP contribution in [0.5, 0.6) is 0 Å². The first kappa shape index (κ1) is 11.2. The molecular formula is C8H11N3O4. The first-order valence-electron chi connectivity index (χ1n) is 4.25. The lowest BCUT2D eigenvalue weighted by Crippen LogP contribution is -2.19. The fourth-order valence-corrected chi connectivity index (χ4v) is 1.22. The summed E-state index contributed by atoms with van der Waals surface area (Å²) >= 11 is 0. The highest BCUT2D eigenvalue weighted by Gasteiger charge is 2.24. The predicted octanol–water partition coefficient (Wildman–Crippen LogP) is 0.834. The first-order valence-corrected chi connectivity index (χ1v) is 4.25. The number of rotatable bonds is 3. The van der Waals surface area contributed by atoms with Gasteiger partial charge in [-0.05, 0) is 18.8 Å². The highest BCUT2D eigenvalue weighted by molar-refractivity contribution is 5.73. The topological polar surface area (TPSA) is 87.3 Å². The summed E-state index contributed by atoms with van der Waals surface area (Å²) < 4.78 is 5.79. The molecule has 1 aromatic heterocycles. The van der Waals surface area contributed by atoms with Gasteiger partial charge in [-0.25, -0.2) is 4.79 Å². The summed E-state index contributed by atoms with van der Waals surface area (Å²) in [5.41, 5.74) is 0.541. The van der Waals surface area contributed by atoms with E-state index in [4.69, 9.17) is 0 Å². The van der Waals surface area contributed by atoms with Gasteiger partial charge in [0.25, 0.3) is 0 Å². The molecule has 1 atom stereocenters. The molecule has 7 heteroatoms. The average Bonchev–Trinajstić information content (AvgIpc) is 2.58. The molecule has 0 spiro atoms. The van der Waals surface area contributed by atoms with Crippen LogP contribution in [0.4, 0.5) is 5.82 Å². The van der Waals surface area contributed by atoms with Crippen molar-refractivity contribution < 1.29 is 14.5 Å². The number of nitro groups is 1. The summed E-state index contributed by atoms with van der Waals surface area (Å²) in [5.74, 6) is -0.764. The molecule has 0 radical (unpaired) electrons. The van der Waals surface area contributed by atoms with E-state index in [9.17, 15) is 14.9 Å². The van der Waals surface area contributed by atoms with Gasteiger partial charge in [-0.15, -0.1) is 0 Å². The highest BCUT2D eigenvalue weighted by atomic mass is 16.6. The van der Waals surface area contributed by atoms with Crippen molar-refractivity contribution in [1.29, 1.82) is 0 Å². The monoisotopic (exact) mass is 213 g/mol. The second kappa shape index (κ2) is 4.07. The number of methoxy groups -OCH3 is 1. The second-order valence-corrected chi connectivity index (χ2v) is 3.04. The van der Waals surface area contributed by atoms with Crippen LogP contribution >= 0.6 is 0 Å². The van der Waals surface area contributed by atoms with E-state index in [-0.39, 0.29) is 5.82 Å². The van der Waals surface area contributed by atoms with Gasteiger partial charge in [0, 0.05) is 0 Å². The zero-order valence-corrected chi connectivity index (χ0v) is 8.63. The van der Waals surface area contributed by atoms with Crippen molar-refractivity contribution in [2.45, 2.75) is 19.9 Å². The molecule has 0 aliphatic rings. The standard InChI is InChI=1S/C8H11N3O4/c1-5-4-7(11(13)14)9-10(5)6(2)8(12)15-3/h4,6H,1-3H3/t6-/m1/s1. The zero-order chi connectivity index (χ0) is 11.6. The number of aromatic nitrogens is 2. The lowest BCUT2D eigenvalue weighted by molar-refractivity contribution is -0.389. The van der Waals surface area contributed by atoms with Gasteiger partial charge in [-0.3, -0.25) is 0 Å². The molecule has 0 unspecified atom stereocenters. The summed E-state index contributed by atoms with van der Waals surface area (Å²) in [5, 5.41) is 14.1. The molecule has 0 N–H and O–H groups in total. The van der Waals surface area contributed by atoms with E-state index in [1.807, 2.05) is 0 Å². The van der Waals surface area contributed by atoms with E-state index >= 15 is 0 Å². The normalized spacial score (nSPS) is 12.2. The first-order chi connectivity index (χ1) is 6.97. The van der Waals surface area contributed by atoms with Crippen molar-refractivity contribution >= 4 is 11.8 Å². The summed E-state index contributed by atoms with van der Waals surface area (Å²) in [7, 11) is 1.26. The summed E-state index contributed by atoms with van der Waals surface area (Å²) in [6.07, 6.45) is 0. The smallest absolute Gasteiger partial charge is 0.390 e. The van der Waals surface area contributed by atoms with E-state index in [0.29, 0.717) is 5.69 Å². The van der Waals surface area contributed by atoms with Crippen molar-refractivity contribution in [3.8, 4) is 0 Å². The number of hydrogen-bond donors (Lipinski definition) is 0. The third kappa shape index (κ3) is 2.12. The SMILES string of the molecule is COC(=O)[C@@H](C)n1nc([N+](=O)[O-])cc1C. The van der Waals surface area contributed by atoms with Gasteiger partial charge in [0.15, 0.2) is 6.04 Å². The molecule has 1 heterocycles. The summed E-state index contributed by atoms with van der Waals surface area (Å²) in [4.78, 5) is 21.0. The largest absolute Gasteiger partial charge is 0.467 e. The summed E-state index contributed by atoms with van der Waals surface area (Å²) in [6.45, 7) is 3.20. The minimum Gasteiger partial charge on any atom is -0.467 e. The van der Waals surface area contributed by atoms with Crippen molar-refractivity contribution in [2.75, 3.05) is 7.11 Å². The number of carbonyl (C=O) groups excluding carboxylic acids is 1. The molecule has 0 aliphatic carbocycles. The minimum absolute atomic E-state index is 0.275. The molecule has 15 heavy (non-hydrogen) atoms. The molecule has 0 amide bonds. The Labute approximate surface area is 85.8 Å². The Kier molecular flexibility index (Phi) is 3.03. The van der Waals surface area contributed by atoms with E-state index in [1.54, 1.807) is 13.8 Å². The molecule has 0 saturated carbocycles. The molecule has 1 rings (SSSR count). The van der Waals surface area contributed by atoms with Crippen LogP contribution in [0.15, 0.2) is 6.07 Å². The van der Waals surface area contributed by atoms with E-state index in [2.05, 4.69) is 9.84 Å². The van der Waals surface area contributed by atoms with Crippen LogP contribution in [0.1, 0.15) is 18.7 Å². The Morgan fingerprint density at radius 3 is 2.73 bits per heavy atom. The fraction of sp³-hybridized carbons (Fsp3) is 0.500. The predicted molar refractivity (Wildman–Crippen MR) is 50.3 cm³/mol. The third-order valence-electron chi connectivity index (χ3n) is 2.01. The number of hydrogen-bond acceptors (Lipinski definition) is 5. The Balaban J connectivity index is 3.04. The minimum atomic E-state index is -0.663. The van der Waals surface area contributed by atoms with Crippen LogP contribution in [-0.4, -0.2) is 27.8 Å². The Hall–Kier alpha value is -1.92. The molecule has 82 valence electrons. The van der Waals surface area contributed by atoms with Gasteiger partial charge < -0.3 is 14.9 Å². The van der Waals surface area contributed by atoms with Crippen LogP contribution in [-0.2, 0) is 9.53 Å². The third-order valence-corrected chi connectivity index (χ3v) is 2.01. The molecular weight excluding hydrogens is 202 g/mol. The molecule has 0 aliphatic heterocycles. The molecule has 1 aromatic rings. The maximum absolute atomic E-state index is 11.2. The van der Waals surface area contributed by atoms with Gasteiger partial charge in [0.05, 0.1) is 24.0 Å². The lowest BCUT2D eigenvalue weighted by atomic mass is 10.3. The van der Waals surface area contributed by atoms with Gasteiger partial charge in [-0.2, -0.15) is 4.68 Å². The van der Waals surface area contributed by atoms with Crippen molar-refractivity contribution in [1.82, 2.24) is 9.78 Å². The van der Waals surface area contributed by atoms with Crippen molar-refractivity contribution in [3.05, 3.63) is 21.9 Å². The molecule has 7 nitrogen and oxygen atoms in total. The molecule has 0 fully saturated rings. The van der Waals surface area contributed by atoms with Crippen LogP contribution < -0.4 is 0 Å². The molecule has 0 saturated heterocycles. The van der Waals surface area contributed by atoms with Crippen LogP contribution in [0, 0.1) is 17.0 Å². The Morgan fingerprint density at radius 1 is 1.73 bits per heavy atom. The van der Waals surface area contributed by atoms with Gasteiger partial charge in [0.2, 0.25) is 0 Å². The van der Waals surface area contributed by atoms with Gasteiger partial charge in [-0.1, -0.05) is 0 Å². The lowest BCUT2D eigenvalue weighted by Gasteiger charge is -2.06. The Bertz CT molecular complexity index is 399. The van der Waals surface area contributed by atoms with Crippen molar-refractivity contribution in [2.24, 2.45) is 0 Å². The van der Waals surface area contributed by atoms with Crippen LogP contribution in [0.2, 0.25) is 0 Å². The van der Waals surface area contributed by atoms with E-state index in [1.165, 1.54) is 17.9 Å². The number of aryl methyl sites for hydroxylation is 1. The fourth-order valence-electron chi connectivity index (χ4n) is 1.22. The van der Waals surface area contributed by atoms with E-state index < -0.39 is 16.9 Å². The quantitative estimate of drug-likeness (QED) is 0.421. The van der Waals surface area contributed by atoms with Crippen LogP contribution in [0.25, 0.3) is 0 Å².